The molecule has 176 valence electrons. The smallest absolute Gasteiger partial charge is 0.283 e. The van der Waals surface area contributed by atoms with Crippen LogP contribution in [0, 0.1) is 10.1 Å². The molecule has 0 bridgehead atoms. The highest BCUT2D eigenvalue weighted by molar-refractivity contribution is 9.10. The number of aromatic nitrogens is 2. The van der Waals surface area contributed by atoms with Crippen molar-refractivity contribution in [2.45, 2.75) is 5.22 Å². The van der Waals surface area contributed by atoms with Crippen LogP contribution in [0.5, 0.6) is 5.75 Å². The van der Waals surface area contributed by atoms with Gasteiger partial charge >= 0.3 is 0 Å². The van der Waals surface area contributed by atoms with Crippen molar-refractivity contribution in [3.63, 3.8) is 0 Å². The summed E-state index contributed by atoms with van der Waals surface area (Å²) in [6.45, 7) is 0. The van der Waals surface area contributed by atoms with Gasteiger partial charge in [-0.1, -0.05) is 22.0 Å². The number of hydrogen-bond acceptors (Lipinski definition) is 10. The third kappa shape index (κ3) is 6.11. The van der Waals surface area contributed by atoms with E-state index in [0.29, 0.717) is 17.0 Å². The number of nitrogens with zero attached hydrogens (tertiary/aromatic N) is 4. The lowest BCUT2D eigenvalue weighted by molar-refractivity contribution is -0.384. The third-order valence-electron chi connectivity index (χ3n) is 4.57. The van der Waals surface area contributed by atoms with Gasteiger partial charge in [-0.2, -0.15) is 5.10 Å². The number of Topliss-reactive ketones (excluding diaryl/α,β-unsaturated/α-hetero) is 1. The second-order valence-corrected chi connectivity index (χ2v) is 8.73. The molecule has 0 saturated carbocycles. The van der Waals surface area contributed by atoms with Crippen molar-refractivity contribution in [1.29, 1.82) is 0 Å². The van der Waals surface area contributed by atoms with Crippen LogP contribution in [-0.4, -0.2) is 33.1 Å². The normalized spacial score (nSPS) is 11.2. The van der Waals surface area contributed by atoms with E-state index in [4.69, 9.17) is 9.15 Å². The Kier molecular flexibility index (Phi) is 7.53. The number of methoxy groups -OCH3 is 1. The van der Waals surface area contributed by atoms with Gasteiger partial charge in [-0.3, -0.25) is 20.3 Å². The number of ketones is 1. The molecule has 0 unspecified atom stereocenters. The molecule has 0 radical (unpaired) electrons. The van der Waals surface area contributed by atoms with Gasteiger partial charge in [0.15, 0.2) is 5.04 Å². The molecule has 4 aromatic rings. The number of carbonyl (C=O) groups is 1. The molecule has 0 saturated heterocycles. The largest absolute Gasteiger partial charge is 0.497 e. The Hall–Kier alpha value is -4.03. The summed E-state index contributed by atoms with van der Waals surface area (Å²) in [4.78, 5) is 23.6. The summed E-state index contributed by atoms with van der Waals surface area (Å²) in [5.74, 6) is 0.467. The van der Waals surface area contributed by atoms with Crippen LogP contribution in [0.4, 0.5) is 11.4 Å². The number of nitrogens with one attached hydrogen (secondary N) is 1. The third-order valence-corrected chi connectivity index (χ3v) is 5.88. The molecular formula is C23H16BrN5O5S. The molecule has 1 aromatic heterocycles. The minimum atomic E-state index is -0.537. The number of hydrogen-bond donors (Lipinski definition) is 1. The fourth-order valence-corrected chi connectivity index (χ4v) is 3.90. The summed E-state index contributed by atoms with van der Waals surface area (Å²) >= 11 is 4.28. The molecule has 12 heteroatoms. The lowest BCUT2D eigenvalue weighted by Crippen LogP contribution is -2.13. The van der Waals surface area contributed by atoms with E-state index in [2.05, 4.69) is 36.7 Å². The fraction of sp³-hybridized carbons (Fsp3) is 0.0435. The van der Waals surface area contributed by atoms with Crippen LogP contribution >= 0.6 is 27.7 Å². The van der Waals surface area contributed by atoms with E-state index < -0.39 is 10.7 Å². The predicted molar refractivity (Wildman–Crippen MR) is 135 cm³/mol. The summed E-state index contributed by atoms with van der Waals surface area (Å²) in [5.41, 5.74) is 4.23. The lowest BCUT2D eigenvalue weighted by Gasteiger charge is -2.06. The first-order valence-electron chi connectivity index (χ1n) is 9.97. The van der Waals surface area contributed by atoms with Crippen LogP contribution in [0.3, 0.4) is 0 Å². The van der Waals surface area contributed by atoms with E-state index in [1.54, 1.807) is 31.4 Å². The van der Waals surface area contributed by atoms with Crippen LogP contribution in [-0.2, 0) is 0 Å². The van der Waals surface area contributed by atoms with E-state index in [0.717, 1.165) is 16.2 Å². The average Bonchev–Trinajstić information content (AvgIpc) is 3.35. The van der Waals surface area contributed by atoms with Crippen LogP contribution in [0.15, 0.2) is 92.0 Å². The first-order chi connectivity index (χ1) is 16.9. The van der Waals surface area contributed by atoms with Crippen molar-refractivity contribution in [3.8, 4) is 17.2 Å². The van der Waals surface area contributed by atoms with Crippen LogP contribution in [0.25, 0.3) is 11.5 Å². The monoisotopic (exact) mass is 553 g/mol. The summed E-state index contributed by atoms with van der Waals surface area (Å²) in [6.07, 6.45) is 0. The summed E-state index contributed by atoms with van der Waals surface area (Å²) in [7, 11) is 1.56. The minimum Gasteiger partial charge on any atom is -0.497 e. The Bertz CT molecular complexity index is 1390. The van der Waals surface area contributed by atoms with Crippen molar-refractivity contribution in [3.05, 3.63) is 92.9 Å². The fourth-order valence-electron chi connectivity index (χ4n) is 2.83. The number of benzene rings is 3. The number of rotatable bonds is 8. The maximum Gasteiger partial charge on any atom is 0.283 e. The van der Waals surface area contributed by atoms with Crippen molar-refractivity contribution < 1.29 is 18.9 Å². The zero-order chi connectivity index (χ0) is 24.8. The van der Waals surface area contributed by atoms with E-state index in [-0.39, 0.29) is 27.4 Å². The Morgan fingerprint density at radius 1 is 1.11 bits per heavy atom. The zero-order valence-corrected chi connectivity index (χ0v) is 20.4. The molecule has 3 aromatic carbocycles. The number of thioether (sulfide) groups is 1. The molecule has 10 nitrogen and oxygen atoms in total. The molecule has 0 aliphatic heterocycles. The number of non-ortho nitro benzene ring substituents is 1. The van der Waals surface area contributed by atoms with Crippen LogP contribution in [0.1, 0.15) is 10.4 Å². The summed E-state index contributed by atoms with van der Waals surface area (Å²) < 4.78 is 11.7. The van der Waals surface area contributed by atoms with Gasteiger partial charge in [0.2, 0.25) is 11.7 Å². The number of ether oxygens (including phenoxy) is 1. The first kappa shape index (κ1) is 24.1. The molecular weight excluding hydrogens is 538 g/mol. The predicted octanol–water partition coefficient (Wildman–Crippen LogP) is 5.82. The topological polar surface area (TPSA) is 133 Å². The molecule has 0 aliphatic rings. The molecule has 0 spiro atoms. The van der Waals surface area contributed by atoms with Gasteiger partial charge in [0.05, 0.1) is 17.7 Å². The van der Waals surface area contributed by atoms with Gasteiger partial charge in [0, 0.05) is 27.7 Å². The van der Waals surface area contributed by atoms with Gasteiger partial charge in [-0.05, 0) is 66.4 Å². The number of anilines is 1. The Balaban J connectivity index is 1.61. The van der Waals surface area contributed by atoms with E-state index in [1.807, 2.05) is 24.3 Å². The van der Waals surface area contributed by atoms with Gasteiger partial charge in [-0.25, -0.2) is 0 Å². The molecule has 35 heavy (non-hydrogen) atoms. The van der Waals surface area contributed by atoms with Gasteiger partial charge in [0.25, 0.3) is 10.9 Å². The molecule has 1 N–H and O–H groups in total. The molecule has 4 rings (SSSR count). The second-order valence-electron chi connectivity index (χ2n) is 6.88. The maximum absolute atomic E-state index is 13.2. The van der Waals surface area contributed by atoms with Crippen molar-refractivity contribution >= 4 is 49.9 Å². The number of nitro groups is 1. The molecule has 0 amide bonds. The average molecular weight is 554 g/mol. The Labute approximate surface area is 211 Å². The molecule has 1 heterocycles. The van der Waals surface area contributed by atoms with Gasteiger partial charge in [0.1, 0.15) is 5.75 Å². The van der Waals surface area contributed by atoms with Crippen molar-refractivity contribution in [2.75, 3.05) is 12.5 Å². The van der Waals surface area contributed by atoms with Gasteiger partial charge < -0.3 is 9.15 Å². The number of halogens is 1. The zero-order valence-electron chi connectivity index (χ0n) is 18.0. The number of nitro benzene ring substituents is 1. The minimum absolute atomic E-state index is 0.000821. The lowest BCUT2D eigenvalue weighted by atomic mass is 10.1. The van der Waals surface area contributed by atoms with E-state index >= 15 is 0 Å². The maximum atomic E-state index is 13.2. The quantitative estimate of drug-likeness (QED) is 0.0715. The standard InChI is InChI=1S/C23H16BrN5O5S/c1-33-19-11-7-17(8-12-19)25-27-22(20(30)14-5-9-18(10-6-14)29(31)32)35-23-28-26-21(34-23)15-3-2-4-16(24)13-15/h2-13,25H,1H3. The molecule has 0 aliphatic carbocycles. The number of carbonyl (C=O) groups excluding carboxylic acids is 1. The number of hydrazone groups is 1. The summed E-state index contributed by atoms with van der Waals surface area (Å²) in [5, 5.41) is 23.4. The SMILES string of the molecule is COc1ccc(NN=C(Sc2nnc(-c3cccc(Br)c3)o2)C(=O)c2ccc([N+](=O)[O-])cc2)cc1. The second kappa shape index (κ2) is 10.9. The highest BCUT2D eigenvalue weighted by Gasteiger charge is 2.21. The highest BCUT2D eigenvalue weighted by Crippen LogP contribution is 2.27. The van der Waals surface area contributed by atoms with Crippen molar-refractivity contribution in [1.82, 2.24) is 10.2 Å². The van der Waals surface area contributed by atoms with E-state index in [1.165, 1.54) is 24.3 Å². The van der Waals surface area contributed by atoms with Gasteiger partial charge in [-0.15, -0.1) is 10.2 Å². The Morgan fingerprint density at radius 3 is 2.51 bits per heavy atom. The Morgan fingerprint density at radius 2 is 1.86 bits per heavy atom. The molecule has 0 fully saturated rings. The van der Waals surface area contributed by atoms with E-state index in [9.17, 15) is 14.9 Å². The van der Waals surface area contributed by atoms with Crippen LogP contribution < -0.4 is 10.2 Å². The van der Waals surface area contributed by atoms with Crippen molar-refractivity contribution in [2.24, 2.45) is 5.10 Å². The summed E-state index contributed by atoms with van der Waals surface area (Å²) in [6, 6.07) is 19.5. The first-order valence-corrected chi connectivity index (χ1v) is 11.6. The van der Waals surface area contributed by atoms with Crippen LogP contribution in [0.2, 0.25) is 0 Å². The highest BCUT2D eigenvalue weighted by atomic mass is 79.9. The molecule has 0 atom stereocenters.